The summed E-state index contributed by atoms with van der Waals surface area (Å²) in [7, 11) is -2.37. The van der Waals surface area contributed by atoms with Crippen molar-refractivity contribution < 1.29 is 32.7 Å². The van der Waals surface area contributed by atoms with Crippen molar-refractivity contribution in [2.24, 2.45) is 0 Å². The lowest BCUT2D eigenvalue weighted by atomic mass is 9.78. The van der Waals surface area contributed by atoms with Crippen LogP contribution in [0, 0.1) is 5.82 Å². The Labute approximate surface area is 81.7 Å². The fourth-order valence-corrected chi connectivity index (χ4v) is 1.02. The second-order valence-corrected chi connectivity index (χ2v) is 2.76. The van der Waals surface area contributed by atoms with E-state index in [-0.39, 0.29) is 12.1 Å². The molecule has 1 aromatic carbocycles. The molecule has 0 radical (unpaired) electrons. The Bertz CT molecular complexity index is 354. The number of benzene rings is 1. The molecule has 3 nitrogen and oxygen atoms in total. The Morgan fingerprint density at radius 1 is 1.13 bits per heavy atom. The van der Waals surface area contributed by atoms with E-state index in [9.17, 15) is 17.6 Å². The molecule has 15 heavy (non-hydrogen) atoms. The average Bonchev–Trinajstić information content (AvgIpc) is 1.99. The molecule has 0 bridgehead atoms. The minimum atomic E-state index is -4.81. The van der Waals surface area contributed by atoms with Crippen molar-refractivity contribution in [1.29, 1.82) is 0 Å². The molecular formula is C7H5BF4O3. The maximum Gasteiger partial charge on any atom is 0.495 e. The number of phenols is 1. The highest BCUT2D eigenvalue weighted by molar-refractivity contribution is 6.59. The molecule has 0 amide bonds. The normalized spacial score (nSPS) is 11.6. The Kier molecular flexibility index (Phi) is 2.92. The van der Waals surface area contributed by atoms with Gasteiger partial charge in [-0.15, -0.1) is 0 Å². The third-order valence-electron chi connectivity index (χ3n) is 1.69. The first-order valence-corrected chi connectivity index (χ1v) is 3.69. The van der Waals surface area contributed by atoms with E-state index in [2.05, 4.69) is 0 Å². The lowest BCUT2D eigenvalue weighted by Crippen LogP contribution is -2.33. The van der Waals surface area contributed by atoms with E-state index in [1.165, 1.54) is 0 Å². The zero-order valence-electron chi connectivity index (χ0n) is 7.09. The van der Waals surface area contributed by atoms with E-state index in [0.29, 0.717) is 0 Å². The first-order chi connectivity index (χ1) is 6.73. The van der Waals surface area contributed by atoms with Gasteiger partial charge in [-0.2, -0.15) is 13.2 Å². The van der Waals surface area contributed by atoms with E-state index >= 15 is 0 Å². The molecule has 3 N–H and O–H groups in total. The monoisotopic (exact) mass is 224 g/mol. The number of hydrogen-bond acceptors (Lipinski definition) is 3. The van der Waals surface area contributed by atoms with Crippen LogP contribution >= 0.6 is 0 Å². The Morgan fingerprint density at radius 3 is 2.00 bits per heavy atom. The van der Waals surface area contributed by atoms with Gasteiger partial charge in [-0.1, -0.05) is 0 Å². The van der Waals surface area contributed by atoms with Gasteiger partial charge in [0.15, 0.2) is 0 Å². The molecule has 0 heterocycles. The molecule has 82 valence electrons. The molecule has 0 spiro atoms. The van der Waals surface area contributed by atoms with Crippen molar-refractivity contribution in [3.8, 4) is 5.75 Å². The molecule has 0 aliphatic heterocycles. The lowest BCUT2D eigenvalue weighted by Gasteiger charge is -2.10. The Hall–Kier alpha value is -1.28. The SMILES string of the molecule is OB(O)c1c(O)cc(C(F)(F)F)cc1F. The van der Waals surface area contributed by atoms with Gasteiger partial charge >= 0.3 is 13.3 Å². The average molecular weight is 224 g/mol. The molecule has 0 saturated carbocycles. The van der Waals surface area contributed by atoms with Crippen molar-refractivity contribution in [2.45, 2.75) is 6.18 Å². The van der Waals surface area contributed by atoms with Gasteiger partial charge in [0.25, 0.3) is 0 Å². The van der Waals surface area contributed by atoms with Crippen LogP contribution in [0.5, 0.6) is 5.75 Å². The fourth-order valence-electron chi connectivity index (χ4n) is 1.02. The number of phenolic OH excluding ortho intramolecular Hbond substituents is 1. The van der Waals surface area contributed by atoms with Crippen molar-refractivity contribution in [2.75, 3.05) is 0 Å². The molecular weight excluding hydrogens is 219 g/mol. The molecule has 0 unspecified atom stereocenters. The molecule has 0 saturated heterocycles. The third kappa shape index (κ3) is 2.39. The Balaban J connectivity index is 3.32. The number of halogens is 4. The first-order valence-electron chi connectivity index (χ1n) is 3.69. The van der Waals surface area contributed by atoms with Gasteiger partial charge in [0.1, 0.15) is 11.6 Å². The summed E-state index contributed by atoms with van der Waals surface area (Å²) in [5.74, 6) is -2.69. The number of aromatic hydroxyl groups is 1. The zero-order chi connectivity index (χ0) is 11.8. The lowest BCUT2D eigenvalue weighted by molar-refractivity contribution is -0.137. The van der Waals surface area contributed by atoms with Gasteiger partial charge in [-0.25, -0.2) is 4.39 Å². The van der Waals surface area contributed by atoms with E-state index in [0.717, 1.165) is 0 Å². The van der Waals surface area contributed by atoms with Crippen LogP contribution in [0.1, 0.15) is 5.56 Å². The van der Waals surface area contributed by atoms with E-state index in [1.54, 1.807) is 0 Å². The predicted molar refractivity (Wildman–Crippen MR) is 42.9 cm³/mol. The van der Waals surface area contributed by atoms with Crippen LogP contribution < -0.4 is 5.46 Å². The van der Waals surface area contributed by atoms with Gasteiger partial charge in [-0.3, -0.25) is 0 Å². The third-order valence-corrected chi connectivity index (χ3v) is 1.69. The van der Waals surface area contributed by atoms with Crippen LogP contribution in [0.2, 0.25) is 0 Å². The molecule has 0 fully saturated rings. The highest BCUT2D eigenvalue weighted by atomic mass is 19.4. The van der Waals surface area contributed by atoms with Gasteiger partial charge in [0.05, 0.1) is 11.0 Å². The number of rotatable bonds is 1. The summed E-state index contributed by atoms with van der Waals surface area (Å²) in [6.45, 7) is 0. The molecule has 0 atom stereocenters. The van der Waals surface area contributed by atoms with Gasteiger partial charge in [0.2, 0.25) is 0 Å². The molecule has 8 heteroatoms. The van der Waals surface area contributed by atoms with Crippen molar-refractivity contribution in [1.82, 2.24) is 0 Å². The highest BCUT2D eigenvalue weighted by Gasteiger charge is 2.34. The molecule has 0 aliphatic rings. The van der Waals surface area contributed by atoms with Crippen LogP contribution in [0.15, 0.2) is 12.1 Å². The summed E-state index contributed by atoms with van der Waals surface area (Å²) >= 11 is 0. The largest absolute Gasteiger partial charge is 0.508 e. The van der Waals surface area contributed by atoms with Crippen LogP contribution in [0.4, 0.5) is 17.6 Å². The smallest absolute Gasteiger partial charge is 0.495 e. The standard InChI is InChI=1S/C7H5BF4O3/c9-4-1-3(7(10,11)12)2-5(13)6(4)8(14)15/h1-2,13-15H. The van der Waals surface area contributed by atoms with E-state index in [4.69, 9.17) is 15.2 Å². The highest BCUT2D eigenvalue weighted by Crippen LogP contribution is 2.31. The first kappa shape index (κ1) is 11.8. The molecule has 0 aliphatic carbocycles. The maximum atomic E-state index is 12.9. The summed E-state index contributed by atoms with van der Waals surface area (Å²) in [6.07, 6.45) is -4.81. The predicted octanol–water partition coefficient (Wildman–Crippen LogP) is 0.230. The van der Waals surface area contributed by atoms with Crippen molar-refractivity contribution in [3.05, 3.63) is 23.5 Å². The van der Waals surface area contributed by atoms with E-state index < -0.39 is 35.9 Å². The minimum absolute atomic E-state index is 0.0779. The number of alkyl halides is 3. The Morgan fingerprint density at radius 2 is 1.67 bits per heavy atom. The van der Waals surface area contributed by atoms with Crippen LogP contribution in [-0.4, -0.2) is 22.3 Å². The second-order valence-electron chi connectivity index (χ2n) is 2.76. The summed E-state index contributed by atoms with van der Waals surface area (Å²) in [5, 5.41) is 26.1. The van der Waals surface area contributed by atoms with E-state index in [1.807, 2.05) is 0 Å². The quantitative estimate of drug-likeness (QED) is 0.472. The van der Waals surface area contributed by atoms with Gasteiger partial charge < -0.3 is 15.2 Å². The summed E-state index contributed by atoms with van der Waals surface area (Å²) in [4.78, 5) is 0. The minimum Gasteiger partial charge on any atom is -0.508 e. The van der Waals surface area contributed by atoms with Crippen LogP contribution in [-0.2, 0) is 6.18 Å². The van der Waals surface area contributed by atoms with Gasteiger partial charge in [0, 0.05) is 0 Å². The van der Waals surface area contributed by atoms with Crippen molar-refractivity contribution >= 4 is 12.6 Å². The van der Waals surface area contributed by atoms with Crippen molar-refractivity contribution in [3.63, 3.8) is 0 Å². The second kappa shape index (κ2) is 3.71. The van der Waals surface area contributed by atoms with Gasteiger partial charge in [-0.05, 0) is 12.1 Å². The van der Waals surface area contributed by atoms with Crippen LogP contribution in [0.3, 0.4) is 0 Å². The summed E-state index contributed by atoms with van der Waals surface area (Å²) in [5.41, 5.74) is -2.38. The molecule has 1 rings (SSSR count). The fraction of sp³-hybridized carbons (Fsp3) is 0.143. The summed E-state index contributed by atoms with van der Waals surface area (Å²) < 4.78 is 49.1. The zero-order valence-corrected chi connectivity index (χ0v) is 7.09. The molecule has 0 aromatic heterocycles. The number of hydrogen-bond donors (Lipinski definition) is 3. The topological polar surface area (TPSA) is 60.7 Å². The summed E-state index contributed by atoms with van der Waals surface area (Å²) in [6, 6.07) is 0.298. The van der Waals surface area contributed by atoms with Crippen LogP contribution in [0.25, 0.3) is 0 Å². The molecule has 1 aromatic rings. The maximum absolute atomic E-state index is 12.9.